The molecule has 0 radical (unpaired) electrons. The predicted octanol–water partition coefficient (Wildman–Crippen LogP) is 3.52. The van der Waals surface area contributed by atoms with Crippen molar-refractivity contribution in [2.24, 2.45) is 0 Å². The number of hydrogen-bond acceptors (Lipinski definition) is 5. The summed E-state index contributed by atoms with van der Waals surface area (Å²) in [5.41, 5.74) is 2.29. The zero-order valence-electron chi connectivity index (χ0n) is 14.3. The van der Waals surface area contributed by atoms with Gasteiger partial charge in [0.15, 0.2) is 0 Å². The van der Waals surface area contributed by atoms with Crippen LogP contribution in [0, 0.1) is 0 Å². The summed E-state index contributed by atoms with van der Waals surface area (Å²) in [6, 6.07) is 8.36. The number of aliphatic carboxylic acids is 1. The van der Waals surface area contributed by atoms with Gasteiger partial charge in [-0.2, -0.15) is 0 Å². The molecule has 1 aromatic carbocycles. The van der Waals surface area contributed by atoms with Gasteiger partial charge in [0.2, 0.25) is 0 Å². The fourth-order valence-electron chi connectivity index (χ4n) is 2.98. The van der Waals surface area contributed by atoms with E-state index < -0.39 is 12.5 Å². The van der Waals surface area contributed by atoms with Gasteiger partial charge >= 0.3 is 5.97 Å². The minimum absolute atomic E-state index is 0.280. The Balaban J connectivity index is 1.63. The Morgan fingerprint density at radius 3 is 2.54 bits per heavy atom. The lowest BCUT2D eigenvalue weighted by atomic mass is 10.1. The number of anilines is 1. The standard InChI is InChI=1S/C19H20N2O3S2/c22-17(23)13-21-18(24)16(26-19(21)25)6-4-5-14-7-9-15(10-8-14)20-11-2-1-3-12-20/h4-10H,1-3,11-13H2,(H,22,23)/b5-4+,16-6+. The van der Waals surface area contributed by atoms with Gasteiger partial charge in [-0.1, -0.05) is 48.3 Å². The van der Waals surface area contributed by atoms with Crippen molar-refractivity contribution in [3.05, 3.63) is 46.9 Å². The van der Waals surface area contributed by atoms with Crippen LogP contribution in [0.4, 0.5) is 5.69 Å². The maximum atomic E-state index is 12.2. The third kappa shape index (κ3) is 4.53. The van der Waals surface area contributed by atoms with Crippen LogP contribution in [-0.2, 0) is 9.59 Å². The highest BCUT2D eigenvalue weighted by atomic mass is 32.2. The molecule has 0 spiro atoms. The molecule has 0 saturated carbocycles. The Hall–Kier alpha value is -2.12. The molecule has 0 aliphatic carbocycles. The topological polar surface area (TPSA) is 60.9 Å². The normalized spacial score (nSPS) is 19.8. The third-order valence-electron chi connectivity index (χ3n) is 4.32. The van der Waals surface area contributed by atoms with E-state index in [1.807, 2.05) is 6.08 Å². The molecule has 2 heterocycles. The Labute approximate surface area is 162 Å². The highest BCUT2D eigenvalue weighted by Gasteiger charge is 2.32. The van der Waals surface area contributed by atoms with Crippen molar-refractivity contribution in [1.82, 2.24) is 4.90 Å². The van der Waals surface area contributed by atoms with Crippen LogP contribution in [0.2, 0.25) is 0 Å². The van der Waals surface area contributed by atoms with Gasteiger partial charge in [-0.3, -0.25) is 14.5 Å². The number of nitrogens with zero attached hydrogens (tertiary/aromatic N) is 2. The molecule has 2 aliphatic heterocycles. The summed E-state index contributed by atoms with van der Waals surface area (Å²) in [5, 5.41) is 8.84. The van der Waals surface area contributed by atoms with Crippen LogP contribution in [0.3, 0.4) is 0 Å². The smallest absolute Gasteiger partial charge is 0.323 e. The van der Waals surface area contributed by atoms with Crippen LogP contribution in [0.15, 0.2) is 41.3 Å². The van der Waals surface area contributed by atoms with Crippen LogP contribution in [-0.4, -0.2) is 45.8 Å². The average Bonchev–Trinajstić information content (AvgIpc) is 2.90. The van der Waals surface area contributed by atoms with E-state index in [2.05, 4.69) is 29.2 Å². The molecule has 26 heavy (non-hydrogen) atoms. The maximum absolute atomic E-state index is 12.2. The van der Waals surface area contributed by atoms with Crippen molar-refractivity contribution < 1.29 is 14.7 Å². The van der Waals surface area contributed by atoms with Gasteiger partial charge in [0, 0.05) is 18.8 Å². The Kier molecular flexibility index (Phi) is 6.11. The van der Waals surface area contributed by atoms with Gasteiger partial charge in [0.1, 0.15) is 10.9 Å². The van der Waals surface area contributed by atoms with Crippen LogP contribution in [0.25, 0.3) is 6.08 Å². The summed E-state index contributed by atoms with van der Waals surface area (Å²) in [6.45, 7) is 1.84. The molecule has 2 saturated heterocycles. The van der Waals surface area contributed by atoms with Gasteiger partial charge in [-0.15, -0.1) is 0 Å². The van der Waals surface area contributed by atoms with Crippen molar-refractivity contribution in [1.29, 1.82) is 0 Å². The van der Waals surface area contributed by atoms with Gasteiger partial charge < -0.3 is 10.0 Å². The van der Waals surface area contributed by atoms with Gasteiger partial charge in [0.25, 0.3) is 5.91 Å². The molecule has 2 fully saturated rings. The second-order valence-corrected chi connectivity index (χ2v) is 7.86. The predicted molar refractivity (Wildman–Crippen MR) is 109 cm³/mol. The summed E-state index contributed by atoms with van der Waals surface area (Å²) < 4.78 is 0.280. The van der Waals surface area contributed by atoms with Crippen molar-refractivity contribution in [2.45, 2.75) is 19.3 Å². The van der Waals surface area contributed by atoms with E-state index in [1.54, 1.807) is 12.2 Å². The van der Waals surface area contributed by atoms with E-state index in [-0.39, 0.29) is 10.2 Å². The number of carbonyl (C=O) groups is 2. The van der Waals surface area contributed by atoms with Crippen molar-refractivity contribution in [3.8, 4) is 0 Å². The molecule has 0 bridgehead atoms. The molecular formula is C19H20N2O3S2. The Bertz CT molecular complexity index is 765. The van der Waals surface area contributed by atoms with E-state index in [4.69, 9.17) is 17.3 Å². The number of rotatable bonds is 5. The number of benzene rings is 1. The van der Waals surface area contributed by atoms with Crippen molar-refractivity contribution in [2.75, 3.05) is 24.5 Å². The molecule has 0 aromatic heterocycles. The fourth-order valence-corrected chi connectivity index (χ4v) is 4.19. The number of hydrogen-bond donors (Lipinski definition) is 1. The fraction of sp³-hybridized carbons (Fsp3) is 0.316. The van der Waals surface area contributed by atoms with Gasteiger partial charge in [-0.25, -0.2) is 0 Å². The summed E-state index contributed by atoms with van der Waals surface area (Å²) in [4.78, 5) is 26.9. The molecule has 136 valence electrons. The molecule has 7 heteroatoms. The van der Waals surface area contributed by atoms with Crippen LogP contribution in [0.5, 0.6) is 0 Å². The number of amides is 1. The van der Waals surface area contributed by atoms with E-state index in [0.717, 1.165) is 35.3 Å². The molecule has 0 atom stereocenters. The second-order valence-electron chi connectivity index (χ2n) is 6.18. The SMILES string of the molecule is O=C(O)CN1C(=O)/C(=C\C=C\c2ccc(N3CCCCC3)cc2)SC1=S. The zero-order chi connectivity index (χ0) is 18.5. The quantitative estimate of drug-likeness (QED) is 0.615. The first kappa shape index (κ1) is 18.7. The minimum atomic E-state index is -1.08. The third-order valence-corrected chi connectivity index (χ3v) is 5.71. The molecular weight excluding hydrogens is 368 g/mol. The number of carbonyl (C=O) groups excluding carboxylic acids is 1. The largest absolute Gasteiger partial charge is 0.480 e. The van der Waals surface area contributed by atoms with Gasteiger partial charge in [-0.05, 0) is 43.0 Å². The molecule has 1 N–H and O–H groups in total. The van der Waals surface area contributed by atoms with Crippen molar-refractivity contribution >= 4 is 51.9 Å². The Morgan fingerprint density at radius 1 is 1.19 bits per heavy atom. The number of carboxylic acids is 1. The highest BCUT2D eigenvalue weighted by molar-refractivity contribution is 8.26. The monoisotopic (exact) mass is 388 g/mol. The first-order valence-corrected chi connectivity index (χ1v) is 9.76. The van der Waals surface area contributed by atoms with Crippen LogP contribution >= 0.6 is 24.0 Å². The first-order valence-electron chi connectivity index (χ1n) is 8.53. The van der Waals surface area contributed by atoms with Gasteiger partial charge in [0.05, 0.1) is 4.91 Å². The molecule has 2 aliphatic rings. The van der Waals surface area contributed by atoms with E-state index in [1.165, 1.54) is 24.9 Å². The lowest BCUT2D eigenvalue weighted by molar-refractivity contribution is -0.140. The summed E-state index contributed by atoms with van der Waals surface area (Å²) >= 11 is 6.20. The van der Waals surface area contributed by atoms with E-state index >= 15 is 0 Å². The highest BCUT2D eigenvalue weighted by Crippen LogP contribution is 2.30. The lowest BCUT2D eigenvalue weighted by Gasteiger charge is -2.28. The first-order chi connectivity index (χ1) is 12.5. The average molecular weight is 389 g/mol. The maximum Gasteiger partial charge on any atom is 0.323 e. The molecule has 3 rings (SSSR count). The number of thioether (sulfide) groups is 1. The zero-order valence-corrected chi connectivity index (χ0v) is 15.9. The van der Waals surface area contributed by atoms with E-state index in [0.29, 0.717) is 4.91 Å². The summed E-state index contributed by atoms with van der Waals surface area (Å²) in [6.07, 6.45) is 9.21. The van der Waals surface area contributed by atoms with Crippen molar-refractivity contribution in [3.63, 3.8) is 0 Å². The van der Waals surface area contributed by atoms with E-state index in [9.17, 15) is 9.59 Å². The molecule has 0 unspecified atom stereocenters. The molecule has 5 nitrogen and oxygen atoms in total. The number of piperidine rings is 1. The minimum Gasteiger partial charge on any atom is -0.480 e. The molecule has 1 aromatic rings. The summed E-state index contributed by atoms with van der Waals surface area (Å²) in [5.74, 6) is -1.43. The number of thiocarbonyl (C=S) groups is 1. The summed E-state index contributed by atoms with van der Waals surface area (Å²) in [7, 11) is 0. The molecule has 1 amide bonds. The Morgan fingerprint density at radius 2 is 1.88 bits per heavy atom. The second kappa shape index (κ2) is 8.51. The lowest BCUT2D eigenvalue weighted by Crippen LogP contribution is -2.33. The number of allylic oxidation sites excluding steroid dienone is 2. The van der Waals surface area contributed by atoms with Crippen LogP contribution < -0.4 is 4.90 Å². The number of carboxylic acid groups (broad SMARTS) is 1. The van der Waals surface area contributed by atoms with Crippen LogP contribution in [0.1, 0.15) is 24.8 Å².